The van der Waals surface area contributed by atoms with Crippen LogP contribution in [0.1, 0.15) is 193 Å². The number of aliphatic carboxylic acids is 1. The molecule has 0 aliphatic heterocycles. The SMILES string of the molecule is CCCCCCC=CCCCCCCCCCCCC(=O)OCCCCCCCCCCCCCCC(=O)O. The van der Waals surface area contributed by atoms with E-state index in [0.29, 0.717) is 19.4 Å². The maximum Gasteiger partial charge on any atom is 0.305 e. The number of carbonyl (C=O) groups excluding carboxylic acids is 1. The van der Waals surface area contributed by atoms with Gasteiger partial charge in [0.25, 0.3) is 0 Å². The van der Waals surface area contributed by atoms with Crippen LogP contribution in [0, 0.1) is 0 Å². The van der Waals surface area contributed by atoms with Crippen molar-refractivity contribution in [2.45, 2.75) is 193 Å². The Bertz CT molecular complexity index is 543. The smallest absolute Gasteiger partial charge is 0.305 e. The fourth-order valence-corrected chi connectivity index (χ4v) is 5.10. The molecular formula is C35H66O4. The van der Waals surface area contributed by atoms with Gasteiger partial charge in [-0.1, -0.05) is 147 Å². The fourth-order valence-electron chi connectivity index (χ4n) is 5.10. The van der Waals surface area contributed by atoms with Gasteiger partial charge in [0.1, 0.15) is 0 Å². The predicted molar refractivity (Wildman–Crippen MR) is 167 cm³/mol. The number of carbonyl (C=O) groups is 2. The number of carboxylic acid groups (broad SMARTS) is 1. The first-order chi connectivity index (χ1) is 19.2. The Labute approximate surface area is 243 Å². The standard InChI is InChI=1S/C35H66O4/c1-2-3-4-5-6-7-8-9-10-11-12-13-17-20-23-26-29-32-35(38)39-33-30-27-24-21-18-15-14-16-19-22-25-28-31-34(36)37/h7-8H,2-6,9-33H2,1H3,(H,36,37). The largest absolute Gasteiger partial charge is 0.481 e. The van der Waals surface area contributed by atoms with E-state index in [1.54, 1.807) is 0 Å². The summed E-state index contributed by atoms with van der Waals surface area (Å²) >= 11 is 0. The fraction of sp³-hybridized carbons (Fsp3) is 0.886. The number of carboxylic acids is 1. The lowest BCUT2D eigenvalue weighted by atomic mass is 10.0. The molecule has 0 bridgehead atoms. The Morgan fingerprint density at radius 1 is 0.487 bits per heavy atom. The third-order valence-electron chi connectivity index (χ3n) is 7.69. The Hall–Kier alpha value is -1.32. The molecule has 4 nitrogen and oxygen atoms in total. The summed E-state index contributed by atoms with van der Waals surface area (Å²) in [6, 6.07) is 0. The first-order valence-electron chi connectivity index (χ1n) is 17.2. The van der Waals surface area contributed by atoms with Crippen LogP contribution in [0.2, 0.25) is 0 Å². The normalized spacial score (nSPS) is 11.4. The number of allylic oxidation sites excluding steroid dienone is 2. The van der Waals surface area contributed by atoms with Crippen molar-refractivity contribution in [3.8, 4) is 0 Å². The summed E-state index contributed by atoms with van der Waals surface area (Å²) in [5.41, 5.74) is 0. The predicted octanol–water partition coefficient (Wildman–Crippen LogP) is 11.5. The van der Waals surface area contributed by atoms with Crippen LogP contribution < -0.4 is 0 Å². The summed E-state index contributed by atoms with van der Waals surface area (Å²) in [6.45, 7) is 2.86. The van der Waals surface area contributed by atoms with Gasteiger partial charge in [-0.3, -0.25) is 9.59 Å². The van der Waals surface area contributed by atoms with Crippen LogP contribution in [0.5, 0.6) is 0 Å². The van der Waals surface area contributed by atoms with E-state index in [2.05, 4.69) is 19.1 Å². The molecule has 0 aromatic carbocycles. The molecule has 0 spiro atoms. The molecule has 4 heteroatoms. The highest BCUT2D eigenvalue weighted by Crippen LogP contribution is 2.14. The molecular weight excluding hydrogens is 484 g/mol. The molecule has 0 atom stereocenters. The van der Waals surface area contributed by atoms with E-state index in [9.17, 15) is 9.59 Å². The van der Waals surface area contributed by atoms with Gasteiger partial charge in [-0.15, -0.1) is 0 Å². The van der Waals surface area contributed by atoms with Crippen molar-refractivity contribution < 1.29 is 19.4 Å². The van der Waals surface area contributed by atoms with Gasteiger partial charge in [0.05, 0.1) is 6.61 Å². The molecule has 0 saturated carbocycles. The first kappa shape index (κ1) is 37.7. The number of hydrogen-bond acceptors (Lipinski definition) is 3. The molecule has 0 aliphatic carbocycles. The lowest BCUT2D eigenvalue weighted by molar-refractivity contribution is -0.144. The third-order valence-corrected chi connectivity index (χ3v) is 7.69. The van der Waals surface area contributed by atoms with Crippen molar-refractivity contribution in [1.82, 2.24) is 0 Å². The van der Waals surface area contributed by atoms with Gasteiger partial charge in [-0.05, 0) is 44.9 Å². The molecule has 0 aliphatic rings. The molecule has 0 unspecified atom stereocenters. The minimum Gasteiger partial charge on any atom is -0.481 e. The molecule has 0 fully saturated rings. The second-order valence-corrected chi connectivity index (χ2v) is 11.6. The van der Waals surface area contributed by atoms with Gasteiger partial charge in [0.2, 0.25) is 0 Å². The van der Waals surface area contributed by atoms with E-state index < -0.39 is 5.97 Å². The lowest BCUT2D eigenvalue weighted by Crippen LogP contribution is -2.05. The minimum absolute atomic E-state index is 0.00651. The molecule has 0 heterocycles. The van der Waals surface area contributed by atoms with Crippen LogP contribution in [0.4, 0.5) is 0 Å². The quantitative estimate of drug-likeness (QED) is 0.0514. The molecule has 0 aromatic heterocycles. The van der Waals surface area contributed by atoms with Crippen LogP contribution in [-0.2, 0) is 14.3 Å². The molecule has 0 radical (unpaired) electrons. The molecule has 39 heavy (non-hydrogen) atoms. The van der Waals surface area contributed by atoms with Gasteiger partial charge in [-0.2, -0.15) is 0 Å². The number of hydrogen-bond donors (Lipinski definition) is 1. The Morgan fingerprint density at radius 3 is 1.28 bits per heavy atom. The minimum atomic E-state index is -0.673. The van der Waals surface area contributed by atoms with Gasteiger partial charge in [0.15, 0.2) is 0 Å². The molecule has 1 N–H and O–H groups in total. The Kier molecular flexibility index (Phi) is 31.8. The average Bonchev–Trinajstić information content (AvgIpc) is 2.92. The summed E-state index contributed by atoms with van der Waals surface area (Å²) in [7, 11) is 0. The summed E-state index contributed by atoms with van der Waals surface area (Å²) in [5, 5.41) is 8.62. The van der Waals surface area contributed by atoms with Crippen LogP contribution in [0.3, 0.4) is 0 Å². The molecule has 0 amide bonds. The number of rotatable bonds is 32. The summed E-state index contributed by atoms with van der Waals surface area (Å²) in [6.07, 6.45) is 39.3. The molecule has 0 saturated heterocycles. The summed E-state index contributed by atoms with van der Waals surface area (Å²) in [4.78, 5) is 22.4. The maximum absolute atomic E-state index is 11.9. The Morgan fingerprint density at radius 2 is 0.846 bits per heavy atom. The monoisotopic (exact) mass is 550 g/mol. The van der Waals surface area contributed by atoms with Crippen LogP contribution in [0.15, 0.2) is 12.2 Å². The van der Waals surface area contributed by atoms with E-state index >= 15 is 0 Å². The van der Waals surface area contributed by atoms with Crippen molar-refractivity contribution in [3.63, 3.8) is 0 Å². The summed E-state index contributed by atoms with van der Waals surface area (Å²) < 4.78 is 5.41. The molecule has 230 valence electrons. The zero-order chi connectivity index (χ0) is 28.5. The van der Waals surface area contributed by atoms with E-state index in [4.69, 9.17) is 9.84 Å². The van der Waals surface area contributed by atoms with E-state index in [-0.39, 0.29) is 5.97 Å². The van der Waals surface area contributed by atoms with E-state index in [1.807, 2.05) is 0 Å². The maximum atomic E-state index is 11.9. The van der Waals surface area contributed by atoms with E-state index in [0.717, 1.165) is 38.5 Å². The van der Waals surface area contributed by atoms with Crippen molar-refractivity contribution >= 4 is 11.9 Å². The summed E-state index contributed by atoms with van der Waals surface area (Å²) in [5.74, 6) is -0.680. The van der Waals surface area contributed by atoms with Gasteiger partial charge in [-0.25, -0.2) is 0 Å². The zero-order valence-corrected chi connectivity index (χ0v) is 26.0. The number of esters is 1. The van der Waals surface area contributed by atoms with Crippen molar-refractivity contribution in [2.24, 2.45) is 0 Å². The van der Waals surface area contributed by atoms with Gasteiger partial charge in [0, 0.05) is 12.8 Å². The Balaban J connectivity index is 3.19. The van der Waals surface area contributed by atoms with Gasteiger partial charge < -0.3 is 9.84 Å². The van der Waals surface area contributed by atoms with Crippen LogP contribution >= 0.6 is 0 Å². The third kappa shape index (κ3) is 34.7. The second-order valence-electron chi connectivity index (χ2n) is 11.6. The first-order valence-corrected chi connectivity index (χ1v) is 17.2. The lowest BCUT2D eigenvalue weighted by Gasteiger charge is -2.06. The number of ether oxygens (including phenoxy) is 1. The highest BCUT2D eigenvalue weighted by molar-refractivity contribution is 5.69. The molecule has 0 aromatic rings. The van der Waals surface area contributed by atoms with Crippen molar-refractivity contribution in [1.29, 1.82) is 0 Å². The topological polar surface area (TPSA) is 63.6 Å². The highest BCUT2D eigenvalue weighted by Gasteiger charge is 2.03. The average molecular weight is 551 g/mol. The van der Waals surface area contributed by atoms with Crippen LogP contribution in [-0.4, -0.2) is 23.7 Å². The van der Waals surface area contributed by atoms with Crippen molar-refractivity contribution in [3.05, 3.63) is 12.2 Å². The van der Waals surface area contributed by atoms with Crippen LogP contribution in [0.25, 0.3) is 0 Å². The van der Waals surface area contributed by atoms with E-state index in [1.165, 1.54) is 135 Å². The van der Waals surface area contributed by atoms with Crippen molar-refractivity contribution in [2.75, 3.05) is 6.61 Å². The molecule has 0 rings (SSSR count). The zero-order valence-electron chi connectivity index (χ0n) is 26.0. The van der Waals surface area contributed by atoms with Gasteiger partial charge >= 0.3 is 11.9 Å². The number of unbranched alkanes of at least 4 members (excludes halogenated alkanes) is 24. The second kappa shape index (κ2) is 32.9. The highest BCUT2D eigenvalue weighted by atomic mass is 16.5.